The maximum Gasteiger partial charge on any atom is 0.307 e. The molecule has 5 nitrogen and oxygen atoms in total. The van der Waals surface area contributed by atoms with Crippen molar-refractivity contribution in [3.05, 3.63) is 0 Å². The van der Waals surface area contributed by atoms with E-state index in [4.69, 9.17) is 10.2 Å². The number of aliphatic carboxylic acids is 2. The number of carbonyl (C=O) groups is 3. The second kappa shape index (κ2) is 5.29. The molecule has 0 aromatic carbocycles. The maximum absolute atomic E-state index is 10.5. The quantitative estimate of drug-likeness (QED) is 0.634. The Kier molecular flexibility index (Phi) is 4.72. The monoisotopic (exact) mass is 188 g/mol. The Bertz CT molecular complexity index is 221. The highest BCUT2D eigenvalue weighted by molar-refractivity contribution is 5.79. The van der Waals surface area contributed by atoms with Gasteiger partial charge in [-0.25, -0.2) is 0 Å². The molecule has 0 aromatic rings. The van der Waals surface area contributed by atoms with E-state index in [2.05, 4.69) is 0 Å². The van der Waals surface area contributed by atoms with Crippen LogP contribution in [0.15, 0.2) is 0 Å². The van der Waals surface area contributed by atoms with Crippen molar-refractivity contribution in [3.8, 4) is 0 Å². The van der Waals surface area contributed by atoms with Crippen molar-refractivity contribution >= 4 is 17.7 Å². The molecule has 0 rings (SSSR count). The van der Waals surface area contributed by atoms with Gasteiger partial charge in [0.15, 0.2) is 0 Å². The molecule has 0 saturated heterocycles. The normalized spacial score (nSPS) is 12.1. The minimum atomic E-state index is -1.16. The molecular weight excluding hydrogens is 176 g/mol. The minimum Gasteiger partial charge on any atom is -0.481 e. The lowest BCUT2D eigenvalue weighted by Gasteiger charge is -2.07. The molecule has 5 heteroatoms. The zero-order valence-corrected chi connectivity index (χ0v) is 7.32. The Labute approximate surface area is 75.4 Å². The Hall–Kier alpha value is -1.39. The van der Waals surface area contributed by atoms with Crippen LogP contribution in [-0.2, 0) is 14.4 Å². The first-order valence-electron chi connectivity index (χ1n) is 3.87. The largest absolute Gasteiger partial charge is 0.481 e. The van der Waals surface area contributed by atoms with E-state index in [1.54, 1.807) is 0 Å². The third-order valence-corrected chi connectivity index (χ3v) is 1.62. The maximum atomic E-state index is 10.5. The van der Waals surface area contributed by atoms with E-state index in [0.29, 0.717) is 0 Å². The van der Waals surface area contributed by atoms with Crippen LogP contribution >= 0.6 is 0 Å². The highest BCUT2D eigenvalue weighted by atomic mass is 16.4. The van der Waals surface area contributed by atoms with Crippen LogP contribution in [0.1, 0.15) is 26.2 Å². The molecular formula is C8H12O5. The third-order valence-electron chi connectivity index (χ3n) is 1.62. The van der Waals surface area contributed by atoms with Gasteiger partial charge in [0, 0.05) is 6.42 Å². The van der Waals surface area contributed by atoms with E-state index >= 15 is 0 Å². The van der Waals surface area contributed by atoms with Gasteiger partial charge < -0.3 is 15.0 Å². The Morgan fingerprint density at radius 1 is 1.23 bits per heavy atom. The molecule has 0 aliphatic heterocycles. The van der Waals surface area contributed by atoms with Crippen LogP contribution < -0.4 is 0 Å². The van der Waals surface area contributed by atoms with Crippen LogP contribution in [0.3, 0.4) is 0 Å². The summed E-state index contributed by atoms with van der Waals surface area (Å²) in [5.41, 5.74) is 0. The standard InChI is InChI=1S/C8H12O5/c1-5(9)2-3-6(8(12)13)4-7(10)11/h6H,2-4H2,1H3,(H,10,11)(H,12,13). The molecule has 0 saturated carbocycles. The summed E-state index contributed by atoms with van der Waals surface area (Å²) in [4.78, 5) is 31.2. The highest BCUT2D eigenvalue weighted by Gasteiger charge is 2.20. The SMILES string of the molecule is CC(=O)CCC(CC(=O)O)C(=O)O. The van der Waals surface area contributed by atoms with Gasteiger partial charge in [0.2, 0.25) is 0 Å². The summed E-state index contributed by atoms with van der Waals surface area (Å²) >= 11 is 0. The molecule has 0 heterocycles. The first kappa shape index (κ1) is 11.6. The molecule has 0 aliphatic carbocycles. The van der Waals surface area contributed by atoms with Crippen LogP contribution in [0.25, 0.3) is 0 Å². The topological polar surface area (TPSA) is 91.7 Å². The van der Waals surface area contributed by atoms with Crippen LogP contribution in [0.5, 0.6) is 0 Å². The lowest BCUT2D eigenvalue weighted by atomic mass is 9.99. The molecule has 0 aromatic heterocycles. The zero-order chi connectivity index (χ0) is 10.4. The summed E-state index contributed by atoms with van der Waals surface area (Å²) in [5, 5.41) is 16.9. The van der Waals surface area contributed by atoms with Crippen LogP contribution in [0.2, 0.25) is 0 Å². The Morgan fingerprint density at radius 3 is 2.08 bits per heavy atom. The van der Waals surface area contributed by atoms with Crippen molar-refractivity contribution in [2.45, 2.75) is 26.2 Å². The minimum absolute atomic E-state index is 0.0942. The van der Waals surface area contributed by atoms with Crippen molar-refractivity contribution in [1.82, 2.24) is 0 Å². The summed E-state index contributed by atoms with van der Waals surface area (Å²) < 4.78 is 0. The van der Waals surface area contributed by atoms with Gasteiger partial charge in [-0.15, -0.1) is 0 Å². The molecule has 0 amide bonds. The van der Waals surface area contributed by atoms with Crippen molar-refractivity contribution in [2.75, 3.05) is 0 Å². The van der Waals surface area contributed by atoms with Gasteiger partial charge >= 0.3 is 11.9 Å². The van der Waals surface area contributed by atoms with Gasteiger partial charge in [0.1, 0.15) is 5.78 Å². The number of Topliss-reactive ketones (excluding diaryl/α,β-unsaturated/α-hetero) is 1. The summed E-state index contributed by atoms with van der Waals surface area (Å²) in [6.45, 7) is 1.35. The number of carboxylic acids is 2. The molecule has 0 spiro atoms. The fraction of sp³-hybridized carbons (Fsp3) is 0.625. The van der Waals surface area contributed by atoms with Gasteiger partial charge in [-0.05, 0) is 13.3 Å². The number of rotatable bonds is 6. The summed E-state index contributed by atoms with van der Waals surface area (Å²) in [5.74, 6) is -3.40. The molecule has 0 aliphatic rings. The molecule has 1 unspecified atom stereocenters. The predicted octanol–water partition coefficient (Wildman–Crippen LogP) is 0.531. The van der Waals surface area contributed by atoms with Crippen molar-refractivity contribution in [2.24, 2.45) is 5.92 Å². The smallest absolute Gasteiger partial charge is 0.307 e. The van der Waals surface area contributed by atoms with E-state index < -0.39 is 24.3 Å². The van der Waals surface area contributed by atoms with Gasteiger partial charge in [0.25, 0.3) is 0 Å². The Balaban J connectivity index is 4.02. The molecule has 2 N–H and O–H groups in total. The summed E-state index contributed by atoms with van der Waals surface area (Å²) in [6.07, 6.45) is -0.218. The molecule has 1 atom stereocenters. The predicted molar refractivity (Wildman–Crippen MR) is 43.3 cm³/mol. The number of carboxylic acid groups (broad SMARTS) is 2. The second-order valence-corrected chi connectivity index (χ2v) is 2.87. The van der Waals surface area contributed by atoms with E-state index in [1.165, 1.54) is 6.92 Å². The van der Waals surface area contributed by atoms with E-state index in [1.807, 2.05) is 0 Å². The lowest BCUT2D eigenvalue weighted by Crippen LogP contribution is -2.18. The average molecular weight is 188 g/mol. The van der Waals surface area contributed by atoms with Crippen molar-refractivity contribution in [1.29, 1.82) is 0 Å². The first-order chi connectivity index (χ1) is 5.93. The average Bonchev–Trinajstić information content (AvgIpc) is 1.96. The molecule has 13 heavy (non-hydrogen) atoms. The lowest BCUT2D eigenvalue weighted by molar-refractivity contribution is -0.148. The number of hydrogen-bond acceptors (Lipinski definition) is 3. The second-order valence-electron chi connectivity index (χ2n) is 2.87. The van der Waals surface area contributed by atoms with Crippen LogP contribution in [0.4, 0.5) is 0 Å². The van der Waals surface area contributed by atoms with Crippen molar-refractivity contribution in [3.63, 3.8) is 0 Å². The first-order valence-corrected chi connectivity index (χ1v) is 3.87. The van der Waals surface area contributed by atoms with Gasteiger partial charge in [-0.1, -0.05) is 0 Å². The highest BCUT2D eigenvalue weighted by Crippen LogP contribution is 2.11. The Morgan fingerprint density at radius 2 is 1.77 bits per heavy atom. The van der Waals surface area contributed by atoms with Crippen LogP contribution in [-0.4, -0.2) is 27.9 Å². The van der Waals surface area contributed by atoms with E-state index in [9.17, 15) is 14.4 Å². The molecule has 0 bridgehead atoms. The number of carbonyl (C=O) groups excluding carboxylic acids is 1. The van der Waals surface area contributed by atoms with Gasteiger partial charge in [0.05, 0.1) is 12.3 Å². The zero-order valence-electron chi connectivity index (χ0n) is 7.32. The van der Waals surface area contributed by atoms with Gasteiger partial charge in [-0.3, -0.25) is 9.59 Å². The fourth-order valence-corrected chi connectivity index (χ4v) is 0.901. The molecule has 0 radical (unpaired) electrons. The van der Waals surface area contributed by atoms with E-state index in [0.717, 1.165) is 0 Å². The van der Waals surface area contributed by atoms with Gasteiger partial charge in [-0.2, -0.15) is 0 Å². The number of ketones is 1. The molecule has 0 fully saturated rings. The fourth-order valence-electron chi connectivity index (χ4n) is 0.901. The summed E-state index contributed by atoms with van der Waals surface area (Å²) in [7, 11) is 0. The molecule has 74 valence electrons. The summed E-state index contributed by atoms with van der Waals surface area (Å²) in [6, 6.07) is 0. The third kappa shape index (κ3) is 5.84. The van der Waals surface area contributed by atoms with E-state index in [-0.39, 0.29) is 18.6 Å². The van der Waals surface area contributed by atoms with Crippen LogP contribution in [0, 0.1) is 5.92 Å². The van der Waals surface area contributed by atoms with Crippen molar-refractivity contribution < 1.29 is 24.6 Å². The number of hydrogen-bond donors (Lipinski definition) is 2.